The maximum absolute atomic E-state index is 13.0. The minimum Gasteiger partial charge on any atom is -0.352 e. The highest BCUT2D eigenvalue weighted by molar-refractivity contribution is 7.90. The van der Waals surface area contributed by atoms with Gasteiger partial charge in [-0.2, -0.15) is 0 Å². The van der Waals surface area contributed by atoms with Gasteiger partial charge in [0.05, 0.1) is 4.90 Å². The Morgan fingerprint density at radius 3 is 2.32 bits per heavy atom. The van der Waals surface area contributed by atoms with Crippen molar-refractivity contribution in [2.24, 2.45) is 0 Å². The van der Waals surface area contributed by atoms with E-state index in [4.69, 9.17) is 0 Å². The fourth-order valence-electron chi connectivity index (χ4n) is 2.08. The molecule has 2 rings (SSSR count). The Labute approximate surface area is 128 Å². The Kier molecular flexibility index (Phi) is 4.61. The Bertz CT molecular complexity index is 799. The highest BCUT2D eigenvalue weighted by Gasteiger charge is 2.17. The molecular weight excluding hydrogens is 305 g/mol. The maximum atomic E-state index is 13.0. The minimum absolute atomic E-state index is 0.0691. The highest BCUT2D eigenvalue weighted by Crippen LogP contribution is 2.26. The van der Waals surface area contributed by atoms with Crippen LogP contribution < -0.4 is 5.32 Å². The fraction of sp³-hybridized carbons (Fsp3) is 0.188. The summed E-state index contributed by atoms with van der Waals surface area (Å²) in [5.74, 6) is -0.747. The first-order chi connectivity index (χ1) is 10.3. The molecule has 116 valence electrons. The lowest BCUT2D eigenvalue weighted by atomic mass is 9.99. The van der Waals surface area contributed by atoms with Gasteiger partial charge in [0.25, 0.3) is 5.91 Å². The summed E-state index contributed by atoms with van der Waals surface area (Å²) in [6, 6.07) is 10.0. The zero-order chi connectivity index (χ0) is 16.3. The zero-order valence-electron chi connectivity index (χ0n) is 12.3. The molecule has 1 N–H and O–H groups in total. The van der Waals surface area contributed by atoms with E-state index in [1.807, 2.05) is 0 Å². The van der Waals surface area contributed by atoms with Crippen LogP contribution >= 0.6 is 0 Å². The van der Waals surface area contributed by atoms with E-state index in [0.717, 1.165) is 6.26 Å². The summed E-state index contributed by atoms with van der Waals surface area (Å²) in [5, 5.41) is 2.65. The second-order valence-electron chi connectivity index (χ2n) is 4.85. The fourth-order valence-corrected chi connectivity index (χ4v) is 2.73. The van der Waals surface area contributed by atoms with Crippen molar-refractivity contribution in [2.45, 2.75) is 11.8 Å². The van der Waals surface area contributed by atoms with Crippen molar-refractivity contribution >= 4 is 15.7 Å². The van der Waals surface area contributed by atoms with Crippen molar-refractivity contribution in [1.82, 2.24) is 5.32 Å². The van der Waals surface area contributed by atoms with Crippen molar-refractivity contribution < 1.29 is 17.6 Å². The van der Waals surface area contributed by atoms with Crippen molar-refractivity contribution in [3.63, 3.8) is 0 Å². The van der Waals surface area contributed by atoms with Crippen molar-refractivity contribution in [2.75, 3.05) is 12.8 Å². The second kappa shape index (κ2) is 6.27. The maximum Gasteiger partial charge on any atom is 0.251 e. The number of benzene rings is 2. The van der Waals surface area contributed by atoms with Crippen LogP contribution in [0.15, 0.2) is 47.4 Å². The molecule has 0 fully saturated rings. The van der Waals surface area contributed by atoms with E-state index in [0.29, 0.717) is 17.7 Å². The minimum atomic E-state index is -3.42. The van der Waals surface area contributed by atoms with E-state index in [2.05, 4.69) is 5.32 Å². The summed E-state index contributed by atoms with van der Waals surface area (Å²) in [6.07, 6.45) is 1.08. The van der Waals surface area contributed by atoms with Crippen LogP contribution in [-0.4, -0.2) is 27.1 Å². The summed E-state index contributed by atoms with van der Waals surface area (Å²) in [7, 11) is -3.42. The SMILES string of the molecule is CCNC(=O)c1cc(S(C)(=O)=O)ccc1-c1ccc(F)cc1. The lowest BCUT2D eigenvalue weighted by Gasteiger charge is -2.11. The van der Waals surface area contributed by atoms with Gasteiger partial charge in [-0.15, -0.1) is 0 Å². The van der Waals surface area contributed by atoms with Gasteiger partial charge < -0.3 is 5.32 Å². The van der Waals surface area contributed by atoms with Gasteiger partial charge in [0, 0.05) is 18.4 Å². The number of amides is 1. The number of hydrogen-bond acceptors (Lipinski definition) is 3. The number of rotatable bonds is 4. The van der Waals surface area contributed by atoms with Crippen molar-refractivity contribution in [3.05, 3.63) is 53.8 Å². The van der Waals surface area contributed by atoms with Gasteiger partial charge in [-0.05, 0) is 42.3 Å². The highest BCUT2D eigenvalue weighted by atomic mass is 32.2. The molecule has 0 aliphatic heterocycles. The van der Waals surface area contributed by atoms with Crippen LogP contribution in [0.3, 0.4) is 0 Å². The lowest BCUT2D eigenvalue weighted by Crippen LogP contribution is -2.23. The van der Waals surface area contributed by atoms with Crippen molar-refractivity contribution in [3.8, 4) is 11.1 Å². The van der Waals surface area contributed by atoms with Crippen LogP contribution in [0.5, 0.6) is 0 Å². The normalized spacial score (nSPS) is 11.2. The molecular formula is C16H16FNO3S. The van der Waals surface area contributed by atoms with E-state index in [1.54, 1.807) is 25.1 Å². The number of hydrogen-bond donors (Lipinski definition) is 1. The largest absolute Gasteiger partial charge is 0.352 e. The molecule has 2 aromatic carbocycles. The molecule has 0 bridgehead atoms. The van der Waals surface area contributed by atoms with Crippen molar-refractivity contribution in [1.29, 1.82) is 0 Å². The van der Waals surface area contributed by atoms with Gasteiger partial charge in [-0.25, -0.2) is 12.8 Å². The monoisotopic (exact) mass is 321 g/mol. The van der Waals surface area contributed by atoms with Gasteiger partial charge in [0.15, 0.2) is 9.84 Å². The second-order valence-corrected chi connectivity index (χ2v) is 6.86. The number of carbonyl (C=O) groups excluding carboxylic acids is 1. The predicted octanol–water partition coefficient (Wildman–Crippen LogP) is 2.65. The molecule has 4 nitrogen and oxygen atoms in total. The molecule has 0 unspecified atom stereocenters. The first-order valence-electron chi connectivity index (χ1n) is 6.71. The molecule has 6 heteroatoms. The molecule has 1 amide bonds. The van der Waals surface area contributed by atoms with E-state index < -0.39 is 9.84 Å². The Morgan fingerprint density at radius 1 is 1.14 bits per heavy atom. The van der Waals surface area contributed by atoms with E-state index in [1.165, 1.54) is 24.3 Å². The van der Waals surface area contributed by atoms with Gasteiger partial charge in [0.2, 0.25) is 0 Å². The number of carbonyl (C=O) groups is 1. The molecule has 0 aromatic heterocycles. The predicted molar refractivity (Wildman–Crippen MR) is 83.0 cm³/mol. The number of halogens is 1. The third-order valence-corrected chi connectivity index (χ3v) is 4.27. The quantitative estimate of drug-likeness (QED) is 0.941. The van der Waals surface area contributed by atoms with E-state index >= 15 is 0 Å². The first kappa shape index (κ1) is 16.2. The van der Waals surface area contributed by atoms with Gasteiger partial charge in [0.1, 0.15) is 5.82 Å². The molecule has 0 saturated carbocycles. The van der Waals surface area contributed by atoms with Crippen LogP contribution in [0.2, 0.25) is 0 Å². The third-order valence-electron chi connectivity index (χ3n) is 3.16. The topological polar surface area (TPSA) is 63.2 Å². The van der Waals surface area contributed by atoms with Crippen LogP contribution in [-0.2, 0) is 9.84 Å². The van der Waals surface area contributed by atoms with Crippen LogP contribution in [0.25, 0.3) is 11.1 Å². The standard InChI is InChI=1S/C16H16FNO3S/c1-3-18-16(19)15-10-13(22(2,20)21)8-9-14(15)11-4-6-12(17)7-5-11/h4-10H,3H2,1-2H3,(H,18,19). The van der Waals surface area contributed by atoms with Gasteiger partial charge in [-0.3, -0.25) is 4.79 Å². The molecule has 0 aliphatic rings. The Hall–Kier alpha value is -2.21. The lowest BCUT2D eigenvalue weighted by molar-refractivity contribution is 0.0956. The van der Waals surface area contributed by atoms with Crippen LogP contribution in [0, 0.1) is 5.82 Å². The molecule has 0 heterocycles. The summed E-state index contributed by atoms with van der Waals surface area (Å²) in [4.78, 5) is 12.3. The number of nitrogens with one attached hydrogen (secondary N) is 1. The summed E-state index contributed by atoms with van der Waals surface area (Å²) >= 11 is 0. The molecule has 22 heavy (non-hydrogen) atoms. The first-order valence-corrected chi connectivity index (χ1v) is 8.60. The summed E-state index contributed by atoms with van der Waals surface area (Å²) in [5.41, 5.74) is 1.44. The van der Waals surface area contributed by atoms with Gasteiger partial charge in [-0.1, -0.05) is 18.2 Å². The van der Waals surface area contributed by atoms with Crippen LogP contribution in [0.4, 0.5) is 4.39 Å². The summed E-state index contributed by atoms with van der Waals surface area (Å²) in [6.45, 7) is 2.20. The Morgan fingerprint density at radius 2 is 1.77 bits per heavy atom. The van der Waals surface area contributed by atoms with E-state index in [9.17, 15) is 17.6 Å². The smallest absolute Gasteiger partial charge is 0.251 e. The average Bonchev–Trinajstić information content (AvgIpc) is 2.47. The molecule has 0 saturated heterocycles. The molecule has 0 atom stereocenters. The van der Waals surface area contributed by atoms with E-state index in [-0.39, 0.29) is 22.2 Å². The Balaban J connectivity index is 2.62. The third kappa shape index (κ3) is 3.51. The molecule has 0 radical (unpaired) electrons. The molecule has 0 spiro atoms. The average molecular weight is 321 g/mol. The molecule has 0 aliphatic carbocycles. The van der Waals surface area contributed by atoms with Crippen LogP contribution in [0.1, 0.15) is 17.3 Å². The number of sulfone groups is 1. The zero-order valence-corrected chi connectivity index (χ0v) is 13.1. The van der Waals surface area contributed by atoms with Gasteiger partial charge >= 0.3 is 0 Å². The summed E-state index contributed by atoms with van der Waals surface area (Å²) < 4.78 is 36.4. The molecule has 2 aromatic rings.